The molecule has 0 bridgehead atoms. The number of hydrogen-bond donors (Lipinski definition) is 3. The molecule has 2 aliphatic carbocycles. The Morgan fingerprint density at radius 1 is 1.30 bits per heavy atom. The van der Waals surface area contributed by atoms with E-state index < -0.39 is 17.2 Å². The largest absolute Gasteiger partial charge is 0.338 e. The highest BCUT2D eigenvalue weighted by molar-refractivity contribution is 6.12. The number of hydrogen-bond acceptors (Lipinski definition) is 6. The van der Waals surface area contributed by atoms with E-state index in [1.165, 1.54) is 12.3 Å². The third-order valence-corrected chi connectivity index (χ3v) is 6.13. The van der Waals surface area contributed by atoms with E-state index >= 15 is 0 Å². The quantitative estimate of drug-likeness (QED) is 0.346. The maximum absolute atomic E-state index is 13.5. The Morgan fingerprint density at radius 3 is 2.59 bits per heavy atom. The summed E-state index contributed by atoms with van der Waals surface area (Å²) in [5, 5.41) is 15.2. The second kappa shape index (κ2) is 7.80. The number of hydroxylamine groups is 1. The van der Waals surface area contributed by atoms with Crippen molar-refractivity contribution in [2.75, 3.05) is 5.32 Å². The van der Waals surface area contributed by atoms with E-state index in [9.17, 15) is 14.4 Å². The SMILES string of the molecule is CCCCC(CC(=O)NO)C(=O)C1(C(=O)Nc2ccno2)CCC2(CC2)C1. The zero-order chi connectivity index (χ0) is 19.5. The summed E-state index contributed by atoms with van der Waals surface area (Å²) in [6.45, 7) is 2.01. The van der Waals surface area contributed by atoms with Crippen LogP contribution in [0.1, 0.15) is 64.7 Å². The van der Waals surface area contributed by atoms with E-state index in [0.717, 1.165) is 32.1 Å². The molecule has 8 heteroatoms. The molecule has 2 amide bonds. The molecule has 2 unspecified atom stereocenters. The number of nitrogens with zero attached hydrogens (tertiary/aromatic N) is 1. The van der Waals surface area contributed by atoms with Gasteiger partial charge in [-0.15, -0.1) is 0 Å². The molecule has 8 nitrogen and oxygen atoms in total. The molecule has 2 atom stereocenters. The number of carbonyl (C=O) groups is 3. The first-order chi connectivity index (χ1) is 12.9. The summed E-state index contributed by atoms with van der Waals surface area (Å²) >= 11 is 0. The third kappa shape index (κ3) is 4.05. The molecule has 2 saturated carbocycles. The van der Waals surface area contributed by atoms with Gasteiger partial charge in [0.25, 0.3) is 0 Å². The predicted molar refractivity (Wildman–Crippen MR) is 95.7 cm³/mol. The van der Waals surface area contributed by atoms with E-state index in [4.69, 9.17) is 9.73 Å². The summed E-state index contributed by atoms with van der Waals surface area (Å²) < 4.78 is 4.97. The lowest BCUT2D eigenvalue weighted by atomic mass is 9.72. The van der Waals surface area contributed by atoms with Crippen LogP contribution < -0.4 is 10.8 Å². The van der Waals surface area contributed by atoms with E-state index in [0.29, 0.717) is 19.3 Å². The molecule has 1 aromatic heterocycles. The average molecular weight is 377 g/mol. The lowest BCUT2D eigenvalue weighted by Gasteiger charge is -2.30. The molecular formula is C19H27N3O5. The van der Waals surface area contributed by atoms with Gasteiger partial charge in [-0.3, -0.25) is 24.9 Å². The molecule has 0 radical (unpaired) electrons. The number of Topliss-reactive ketones (excluding diaryl/α,β-unsaturated/α-hetero) is 1. The number of aromatic nitrogens is 1. The van der Waals surface area contributed by atoms with Gasteiger partial charge < -0.3 is 4.52 Å². The summed E-state index contributed by atoms with van der Waals surface area (Å²) in [6.07, 6.45) is 7.41. The molecule has 3 N–H and O–H groups in total. The topological polar surface area (TPSA) is 122 Å². The lowest BCUT2D eigenvalue weighted by Crippen LogP contribution is -2.45. The van der Waals surface area contributed by atoms with Gasteiger partial charge in [0.15, 0.2) is 5.78 Å². The molecule has 2 aliphatic rings. The summed E-state index contributed by atoms with van der Waals surface area (Å²) in [7, 11) is 0. The predicted octanol–water partition coefficient (Wildman–Crippen LogP) is 2.83. The molecule has 0 aromatic carbocycles. The van der Waals surface area contributed by atoms with Gasteiger partial charge in [0.2, 0.25) is 17.7 Å². The summed E-state index contributed by atoms with van der Waals surface area (Å²) in [5.41, 5.74) is 0.540. The Kier molecular flexibility index (Phi) is 5.64. The molecule has 1 spiro atoms. The minimum absolute atomic E-state index is 0.0863. The normalized spacial score (nSPS) is 23.8. The average Bonchev–Trinajstić information content (AvgIpc) is 3.06. The van der Waals surface area contributed by atoms with E-state index in [1.807, 2.05) is 6.92 Å². The Labute approximate surface area is 158 Å². The highest BCUT2D eigenvalue weighted by atomic mass is 16.5. The van der Waals surface area contributed by atoms with Crippen LogP contribution in [0.2, 0.25) is 0 Å². The number of anilines is 1. The lowest BCUT2D eigenvalue weighted by molar-refractivity contribution is -0.145. The van der Waals surface area contributed by atoms with Gasteiger partial charge in [0.1, 0.15) is 5.41 Å². The van der Waals surface area contributed by atoms with Crippen LogP contribution in [0, 0.1) is 16.7 Å². The molecule has 1 heterocycles. The zero-order valence-electron chi connectivity index (χ0n) is 15.6. The van der Waals surface area contributed by atoms with Crippen LogP contribution in [0.5, 0.6) is 0 Å². The standard InChI is InChI=1S/C19H27N3O5/c1-2-3-4-13(11-14(23)22-26)16(24)19(9-8-18(12-19)6-7-18)17(25)21-15-5-10-20-27-15/h5,10,13,26H,2-4,6-9,11-12H2,1H3,(H,21,25)(H,22,23). The van der Waals surface area contributed by atoms with Crippen LogP contribution in [-0.4, -0.2) is 28.0 Å². The number of ketones is 1. The molecule has 3 rings (SSSR count). The molecule has 2 fully saturated rings. The number of nitrogens with one attached hydrogen (secondary N) is 2. The maximum Gasteiger partial charge on any atom is 0.244 e. The number of unbranched alkanes of at least 4 members (excludes halogenated alkanes) is 1. The van der Waals surface area contributed by atoms with Crippen molar-refractivity contribution in [2.24, 2.45) is 16.7 Å². The van der Waals surface area contributed by atoms with Crippen molar-refractivity contribution in [3.05, 3.63) is 12.3 Å². The summed E-state index contributed by atoms with van der Waals surface area (Å²) in [4.78, 5) is 38.4. The number of rotatable bonds is 9. The molecule has 1 aromatic rings. The van der Waals surface area contributed by atoms with Gasteiger partial charge in [-0.05, 0) is 43.9 Å². The van der Waals surface area contributed by atoms with Crippen LogP contribution in [0.4, 0.5) is 5.88 Å². The van der Waals surface area contributed by atoms with Crippen molar-refractivity contribution in [3.63, 3.8) is 0 Å². The highest BCUT2D eigenvalue weighted by Crippen LogP contribution is 2.64. The molecular weight excluding hydrogens is 350 g/mol. The van der Waals surface area contributed by atoms with Crippen molar-refractivity contribution >= 4 is 23.5 Å². The van der Waals surface area contributed by atoms with Gasteiger partial charge in [-0.25, -0.2) is 5.48 Å². The number of amides is 2. The number of carbonyl (C=O) groups excluding carboxylic acids is 3. The molecule has 0 aliphatic heterocycles. The fourth-order valence-electron chi connectivity index (χ4n) is 4.36. The zero-order valence-corrected chi connectivity index (χ0v) is 15.6. The second-order valence-corrected chi connectivity index (χ2v) is 8.03. The van der Waals surface area contributed by atoms with Crippen LogP contribution >= 0.6 is 0 Å². The smallest absolute Gasteiger partial charge is 0.244 e. The Bertz CT molecular complexity index is 698. The second-order valence-electron chi connectivity index (χ2n) is 8.03. The Morgan fingerprint density at radius 2 is 2.04 bits per heavy atom. The fraction of sp³-hybridized carbons (Fsp3) is 0.684. The first kappa shape index (κ1) is 19.5. The summed E-state index contributed by atoms with van der Waals surface area (Å²) in [6, 6.07) is 1.53. The molecule has 27 heavy (non-hydrogen) atoms. The molecule has 148 valence electrons. The van der Waals surface area contributed by atoms with Crippen molar-refractivity contribution in [2.45, 2.75) is 64.7 Å². The van der Waals surface area contributed by atoms with Gasteiger partial charge in [0, 0.05) is 18.4 Å². The maximum atomic E-state index is 13.5. The van der Waals surface area contributed by atoms with Crippen molar-refractivity contribution in [1.82, 2.24) is 10.6 Å². The Hall–Kier alpha value is -2.22. The van der Waals surface area contributed by atoms with E-state index in [1.54, 1.807) is 5.48 Å². The van der Waals surface area contributed by atoms with Crippen LogP contribution in [0.25, 0.3) is 0 Å². The van der Waals surface area contributed by atoms with Gasteiger partial charge in [-0.1, -0.05) is 24.9 Å². The first-order valence-electron chi connectivity index (χ1n) is 9.64. The minimum atomic E-state index is -1.16. The first-order valence-corrected chi connectivity index (χ1v) is 9.64. The summed E-state index contributed by atoms with van der Waals surface area (Å²) in [5.74, 6) is -1.55. The van der Waals surface area contributed by atoms with Gasteiger partial charge in [-0.2, -0.15) is 0 Å². The van der Waals surface area contributed by atoms with Crippen molar-refractivity contribution < 1.29 is 24.1 Å². The fourth-order valence-corrected chi connectivity index (χ4v) is 4.36. The van der Waals surface area contributed by atoms with Gasteiger partial charge >= 0.3 is 0 Å². The van der Waals surface area contributed by atoms with Crippen molar-refractivity contribution in [3.8, 4) is 0 Å². The highest BCUT2D eigenvalue weighted by Gasteiger charge is 2.61. The van der Waals surface area contributed by atoms with Crippen LogP contribution in [0.15, 0.2) is 16.8 Å². The monoisotopic (exact) mass is 377 g/mol. The van der Waals surface area contributed by atoms with E-state index in [2.05, 4.69) is 10.5 Å². The van der Waals surface area contributed by atoms with E-state index in [-0.39, 0.29) is 29.4 Å². The van der Waals surface area contributed by atoms with Gasteiger partial charge in [0.05, 0.1) is 6.20 Å². The molecule has 0 saturated heterocycles. The minimum Gasteiger partial charge on any atom is -0.338 e. The Balaban J connectivity index is 1.85. The van der Waals surface area contributed by atoms with Crippen molar-refractivity contribution in [1.29, 1.82) is 0 Å². The third-order valence-electron chi connectivity index (χ3n) is 6.13. The van der Waals surface area contributed by atoms with Crippen LogP contribution in [-0.2, 0) is 14.4 Å². The van der Waals surface area contributed by atoms with Crippen LogP contribution in [0.3, 0.4) is 0 Å².